The van der Waals surface area contributed by atoms with Crippen molar-refractivity contribution in [3.05, 3.63) is 140 Å². The van der Waals surface area contributed by atoms with Gasteiger partial charge in [-0.2, -0.15) is 0 Å². The number of carbonyl (C=O) groups excluding carboxylic acids is 2. The van der Waals surface area contributed by atoms with Gasteiger partial charge in [0.2, 0.25) is 0 Å². The van der Waals surface area contributed by atoms with Crippen LogP contribution in [0.5, 0.6) is 0 Å². The summed E-state index contributed by atoms with van der Waals surface area (Å²) >= 11 is 0. The van der Waals surface area contributed by atoms with Crippen molar-refractivity contribution < 1.29 is 19.4 Å². The minimum atomic E-state index is -0.548. The van der Waals surface area contributed by atoms with Crippen molar-refractivity contribution in [2.24, 2.45) is 0 Å². The smallest absolute Gasteiger partial charge is 0.270 e. The molecule has 0 aliphatic carbocycles. The second-order valence-electron chi connectivity index (χ2n) is 7.43. The quantitative estimate of drug-likeness (QED) is 0.203. The van der Waals surface area contributed by atoms with Crippen LogP contribution in [-0.2, 0) is 0 Å². The van der Waals surface area contributed by atoms with Crippen LogP contribution in [-0.4, -0.2) is 21.4 Å². The molecular formula is C26H16N2O6. The maximum atomic E-state index is 12.7. The summed E-state index contributed by atoms with van der Waals surface area (Å²) < 4.78 is 0. The van der Waals surface area contributed by atoms with Gasteiger partial charge in [-0.1, -0.05) is 72.8 Å². The van der Waals surface area contributed by atoms with Crippen molar-refractivity contribution in [2.75, 3.05) is 0 Å². The number of hydrogen-bond donors (Lipinski definition) is 0. The highest BCUT2D eigenvalue weighted by Gasteiger charge is 2.15. The number of nitro groups is 2. The van der Waals surface area contributed by atoms with E-state index in [9.17, 15) is 29.8 Å². The van der Waals surface area contributed by atoms with Crippen LogP contribution < -0.4 is 0 Å². The van der Waals surface area contributed by atoms with Crippen LogP contribution in [0.3, 0.4) is 0 Å². The highest BCUT2D eigenvalue weighted by atomic mass is 16.6. The molecule has 0 atom stereocenters. The highest BCUT2D eigenvalue weighted by molar-refractivity contribution is 6.10. The van der Waals surface area contributed by atoms with Crippen molar-refractivity contribution in [1.29, 1.82) is 0 Å². The van der Waals surface area contributed by atoms with Gasteiger partial charge in [0.1, 0.15) is 0 Å². The van der Waals surface area contributed by atoms with Crippen molar-refractivity contribution in [3.63, 3.8) is 0 Å². The molecule has 0 heterocycles. The van der Waals surface area contributed by atoms with Crippen LogP contribution in [0, 0.1) is 20.2 Å². The largest absolute Gasteiger partial charge is 0.289 e. The van der Waals surface area contributed by atoms with Crippen LogP contribution in [0.15, 0.2) is 97.1 Å². The minimum Gasteiger partial charge on any atom is -0.289 e. The molecule has 34 heavy (non-hydrogen) atoms. The van der Waals surface area contributed by atoms with Crippen molar-refractivity contribution in [1.82, 2.24) is 0 Å². The SMILES string of the molecule is O=C(c1ccc(-c2ccc(C(=O)c3cccc([N+](=O)[O-])c3)cc2)cc1)c1cccc([N+](=O)[O-])c1. The molecule has 0 saturated heterocycles. The monoisotopic (exact) mass is 452 g/mol. The summed E-state index contributed by atoms with van der Waals surface area (Å²) in [5, 5.41) is 21.9. The predicted molar refractivity (Wildman–Crippen MR) is 125 cm³/mol. The molecule has 0 aromatic heterocycles. The zero-order valence-electron chi connectivity index (χ0n) is 17.6. The lowest BCUT2D eigenvalue weighted by molar-refractivity contribution is -0.385. The first-order chi connectivity index (χ1) is 16.3. The Balaban J connectivity index is 1.52. The molecule has 0 fully saturated rings. The zero-order chi connectivity index (χ0) is 24.2. The van der Waals surface area contributed by atoms with E-state index in [2.05, 4.69) is 0 Å². The number of nitro benzene ring substituents is 2. The van der Waals surface area contributed by atoms with Crippen LogP contribution in [0.1, 0.15) is 31.8 Å². The Morgan fingerprint density at radius 1 is 0.500 bits per heavy atom. The minimum absolute atomic E-state index is 0.151. The van der Waals surface area contributed by atoms with E-state index in [1.165, 1.54) is 48.5 Å². The van der Waals surface area contributed by atoms with Crippen LogP contribution >= 0.6 is 0 Å². The van der Waals surface area contributed by atoms with Gasteiger partial charge in [-0.25, -0.2) is 0 Å². The third kappa shape index (κ3) is 4.61. The Morgan fingerprint density at radius 2 is 0.853 bits per heavy atom. The van der Waals surface area contributed by atoms with E-state index >= 15 is 0 Å². The number of rotatable bonds is 7. The van der Waals surface area contributed by atoms with Crippen LogP contribution in [0.2, 0.25) is 0 Å². The van der Waals surface area contributed by atoms with E-state index in [0.717, 1.165) is 11.1 Å². The molecule has 4 aromatic rings. The molecule has 8 nitrogen and oxygen atoms in total. The fraction of sp³-hybridized carbons (Fsp3) is 0. The molecule has 0 aliphatic heterocycles. The fourth-order valence-electron chi connectivity index (χ4n) is 3.48. The molecule has 0 amide bonds. The highest BCUT2D eigenvalue weighted by Crippen LogP contribution is 2.24. The fourth-order valence-corrected chi connectivity index (χ4v) is 3.48. The first kappa shape index (κ1) is 22.2. The van der Waals surface area contributed by atoms with Crippen LogP contribution in [0.4, 0.5) is 11.4 Å². The molecule has 166 valence electrons. The lowest BCUT2D eigenvalue weighted by atomic mass is 9.97. The zero-order valence-corrected chi connectivity index (χ0v) is 17.6. The number of nitrogens with zero attached hydrogens (tertiary/aromatic N) is 2. The van der Waals surface area contributed by atoms with Gasteiger partial charge in [0.25, 0.3) is 11.4 Å². The summed E-state index contributed by atoms with van der Waals surface area (Å²) in [6, 6.07) is 24.7. The van der Waals surface area contributed by atoms with Gasteiger partial charge in [0.15, 0.2) is 11.6 Å². The Hall–Kier alpha value is -4.98. The van der Waals surface area contributed by atoms with Crippen molar-refractivity contribution >= 4 is 22.9 Å². The van der Waals surface area contributed by atoms with Crippen LogP contribution in [0.25, 0.3) is 11.1 Å². The molecule has 0 aliphatic rings. The van der Waals surface area contributed by atoms with Gasteiger partial charge >= 0.3 is 0 Å². The lowest BCUT2D eigenvalue weighted by Crippen LogP contribution is -2.02. The number of non-ortho nitro benzene ring substituents is 2. The molecule has 0 radical (unpaired) electrons. The summed E-state index contributed by atoms with van der Waals surface area (Å²) in [5.41, 5.74) is 2.56. The summed E-state index contributed by atoms with van der Waals surface area (Å²) in [6.45, 7) is 0. The molecule has 0 unspecified atom stereocenters. The van der Waals surface area contributed by atoms with Gasteiger partial charge in [-0.05, 0) is 11.1 Å². The summed E-state index contributed by atoms with van der Waals surface area (Å²) in [4.78, 5) is 46.2. The molecule has 4 aromatic carbocycles. The molecule has 4 rings (SSSR count). The molecule has 8 heteroatoms. The topological polar surface area (TPSA) is 120 Å². The molecular weight excluding hydrogens is 436 g/mol. The summed E-state index contributed by atoms with van der Waals surface area (Å²) in [7, 11) is 0. The van der Waals surface area contributed by atoms with E-state index in [4.69, 9.17) is 0 Å². The van der Waals surface area contributed by atoms with Crippen molar-refractivity contribution in [3.8, 4) is 11.1 Å². The maximum Gasteiger partial charge on any atom is 0.270 e. The third-order valence-corrected chi connectivity index (χ3v) is 5.27. The number of ketones is 2. The lowest BCUT2D eigenvalue weighted by Gasteiger charge is -2.06. The number of benzene rings is 4. The predicted octanol–water partition coefficient (Wildman–Crippen LogP) is 5.63. The third-order valence-electron chi connectivity index (χ3n) is 5.27. The number of hydrogen-bond acceptors (Lipinski definition) is 6. The number of carbonyl (C=O) groups is 2. The first-order valence-electron chi connectivity index (χ1n) is 10.1. The van der Waals surface area contributed by atoms with E-state index in [-0.39, 0.29) is 34.1 Å². The Labute approximate surface area is 193 Å². The average Bonchev–Trinajstić information content (AvgIpc) is 2.88. The molecule has 0 bridgehead atoms. The summed E-state index contributed by atoms with van der Waals surface area (Å²) in [5.74, 6) is -0.652. The van der Waals surface area contributed by atoms with E-state index in [1.807, 2.05) is 0 Å². The van der Waals surface area contributed by atoms with Gasteiger partial charge in [-0.15, -0.1) is 0 Å². The normalized spacial score (nSPS) is 10.5. The van der Waals surface area contributed by atoms with E-state index < -0.39 is 9.85 Å². The summed E-state index contributed by atoms with van der Waals surface area (Å²) in [6.07, 6.45) is 0. The Kier molecular flexibility index (Phi) is 6.05. The standard InChI is InChI=1S/C26H16N2O6/c29-25(21-3-1-5-23(15-21)27(31)32)19-11-7-17(8-12-19)18-9-13-20(14-10-18)26(30)22-4-2-6-24(16-22)28(33)34/h1-16H. The van der Waals surface area contributed by atoms with Gasteiger partial charge in [-0.3, -0.25) is 29.8 Å². The van der Waals surface area contributed by atoms with Gasteiger partial charge in [0, 0.05) is 46.5 Å². The van der Waals surface area contributed by atoms with E-state index in [1.54, 1.807) is 48.5 Å². The second kappa shape index (κ2) is 9.25. The van der Waals surface area contributed by atoms with Crippen molar-refractivity contribution in [2.45, 2.75) is 0 Å². The average molecular weight is 452 g/mol. The van der Waals surface area contributed by atoms with Gasteiger partial charge < -0.3 is 0 Å². The van der Waals surface area contributed by atoms with E-state index in [0.29, 0.717) is 11.1 Å². The first-order valence-corrected chi connectivity index (χ1v) is 10.1. The Bertz CT molecular complexity index is 1320. The molecule has 0 saturated carbocycles. The van der Waals surface area contributed by atoms with Gasteiger partial charge in [0.05, 0.1) is 9.85 Å². The maximum absolute atomic E-state index is 12.7. The Morgan fingerprint density at radius 3 is 1.18 bits per heavy atom. The molecule has 0 N–H and O–H groups in total. The molecule has 0 spiro atoms. The second-order valence-corrected chi connectivity index (χ2v) is 7.43.